The first-order valence-corrected chi connectivity index (χ1v) is 18.9. The highest BCUT2D eigenvalue weighted by molar-refractivity contribution is 7.92. The topological polar surface area (TPSA) is 121 Å². The van der Waals surface area contributed by atoms with Crippen LogP contribution in [0.4, 0.5) is 16.5 Å². The summed E-state index contributed by atoms with van der Waals surface area (Å²) >= 11 is 1.67. The van der Waals surface area contributed by atoms with E-state index in [0.29, 0.717) is 24.5 Å². The van der Waals surface area contributed by atoms with Crippen molar-refractivity contribution in [3.05, 3.63) is 94.8 Å². The fourth-order valence-electron chi connectivity index (χ4n) is 5.97. The molecule has 0 saturated carbocycles. The number of aliphatic hydroxyl groups excluding tert-OH is 1. The van der Waals surface area contributed by atoms with E-state index in [-0.39, 0.29) is 4.90 Å². The second-order valence-corrected chi connectivity index (χ2v) is 14.7. The molecular formula is C36H43N5O4S2. The number of benzene rings is 2. The van der Waals surface area contributed by atoms with E-state index in [1.807, 2.05) is 30.3 Å². The summed E-state index contributed by atoms with van der Waals surface area (Å²) in [5, 5.41) is 17.8. The standard InChI is InChI=1S/C36H43N5O4S2/c1-2-3-4-5-6-7-8-31-25-46-36(39-31)41-19-16-27-22-32(13-14-33(27)41)47(43,44)40-30-11-9-26(10-12-30)15-18-37-24-34(42)29-21-28-17-20-45-35(28)38-23-29/h9-14,17,20-23,25,34,37,40,42H,2-8,15-16,18-19,24H2,1H3. The number of sulfonamides is 1. The summed E-state index contributed by atoms with van der Waals surface area (Å²) in [6, 6.07) is 16.5. The summed E-state index contributed by atoms with van der Waals surface area (Å²) in [6.07, 6.45) is 12.7. The van der Waals surface area contributed by atoms with Gasteiger partial charge in [0.05, 0.1) is 23.0 Å². The van der Waals surface area contributed by atoms with E-state index in [1.54, 1.807) is 48.1 Å². The Labute approximate surface area is 281 Å². The monoisotopic (exact) mass is 673 g/mol. The molecule has 1 aliphatic rings. The maximum atomic E-state index is 13.3. The van der Waals surface area contributed by atoms with Crippen molar-refractivity contribution in [2.45, 2.75) is 75.7 Å². The zero-order valence-electron chi connectivity index (χ0n) is 26.8. The van der Waals surface area contributed by atoms with Crippen LogP contribution in [0.3, 0.4) is 0 Å². The summed E-state index contributed by atoms with van der Waals surface area (Å²) in [7, 11) is -3.74. The fraction of sp³-hybridized carbons (Fsp3) is 0.389. The number of nitrogens with zero attached hydrogens (tertiary/aromatic N) is 3. The van der Waals surface area contributed by atoms with Gasteiger partial charge in [-0.1, -0.05) is 51.2 Å². The maximum Gasteiger partial charge on any atom is 0.261 e. The van der Waals surface area contributed by atoms with Gasteiger partial charge >= 0.3 is 0 Å². The Hall–Kier alpha value is -3.77. The lowest BCUT2D eigenvalue weighted by molar-refractivity contribution is 0.175. The van der Waals surface area contributed by atoms with Crippen LogP contribution in [0.1, 0.15) is 73.9 Å². The van der Waals surface area contributed by atoms with Gasteiger partial charge in [-0.25, -0.2) is 18.4 Å². The Morgan fingerprint density at radius 3 is 2.70 bits per heavy atom. The molecule has 3 N–H and O–H groups in total. The van der Waals surface area contributed by atoms with Crippen molar-refractivity contribution >= 4 is 49.0 Å². The highest BCUT2D eigenvalue weighted by Gasteiger charge is 2.25. The second kappa shape index (κ2) is 15.4. The van der Waals surface area contributed by atoms with Gasteiger partial charge in [0.25, 0.3) is 10.0 Å². The molecule has 6 rings (SSSR count). The molecule has 11 heteroatoms. The third-order valence-electron chi connectivity index (χ3n) is 8.66. The van der Waals surface area contributed by atoms with Crippen LogP contribution >= 0.6 is 11.3 Å². The van der Waals surface area contributed by atoms with Gasteiger partial charge in [0.2, 0.25) is 5.71 Å². The van der Waals surface area contributed by atoms with Crippen molar-refractivity contribution in [1.29, 1.82) is 0 Å². The Morgan fingerprint density at radius 2 is 1.85 bits per heavy atom. The quantitative estimate of drug-likeness (QED) is 0.0866. The molecule has 4 heterocycles. The highest BCUT2D eigenvalue weighted by Crippen LogP contribution is 2.37. The first-order chi connectivity index (χ1) is 22.9. The van der Waals surface area contributed by atoms with Gasteiger partial charge in [-0.05, 0) is 85.8 Å². The molecule has 1 unspecified atom stereocenters. The minimum Gasteiger partial charge on any atom is -0.446 e. The highest BCUT2D eigenvalue weighted by atomic mass is 32.2. The molecule has 0 amide bonds. The lowest BCUT2D eigenvalue weighted by atomic mass is 10.1. The molecule has 0 bridgehead atoms. The number of anilines is 3. The number of furan rings is 1. The van der Waals surface area contributed by atoms with Crippen LogP contribution in [0.5, 0.6) is 0 Å². The normalized spacial score (nSPS) is 13.7. The van der Waals surface area contributed by atoms with Crippen LogP contribution in [-0.2, 0) is 29.3 Å². The molecule has 3 aromatic heterocycles. The third-order valence-corrected chi connectivity index (χ3v) is 11.0. The fourth-order valence-corrected chi connectivity index (χ4v) is 7.97. The van der Waals surface area contributed by atoms with Gasteiger partial charge in [0, 0.05) is 47.0 Å². The first kappa shape index (κ1) is 33.1. The smallest absolute Gasteiger partial charge is 0.261 e. The first-order valence-electron chi connectivity index (χ1n) is 16.6. The Bertz CT molecular complexity index is 1870. The third kappa shape index (κ3) is 8.39. The van der Waals surface area contributed by atoms with Crippen LogP contribution in [0, 0.1) is 0 Å². The number of unbranched alkanes of at least 4 members (excludes halogenated alkanes) is 5. The molecule has 5 aromatic rings. The van der Waals surface area contributed by atoms with E-state index in [0.717, 1.165) is 64.4 Å². The molecule has 1 aliphatic heterocycles. The molecule has 9 nitrogen and oxygen atoms in total. The van der Waals surface area contributed by atoms with Crippen LogP contribution in [0.15, 0.2) is 81.8 Å². The van der Waals surface area contributed by atoms with Gasteiger partial charge < -0.3 is 19.7 Å². The summed E-state index contributed by atoms with van der Waals surface area (Å²) in [4.78, 5) is 11.6. The summed E-state index contributed by atoms with van der Waals surface area (Å²) in [5.41, 5.74) is 6.07. The molecule has 47 heavy (non-hydrogen) atoms. The van der Waals surface area contributed by atoms with Crippen LogP contribution in [-0.4, -0.2) is 43.1 Å². The van der Waals surface area contributed by atoms with Gasteiger partial charge in [0.1, 0.15) is 0 Å². The molecule has 248 valence electrons. The van der Waals surface area contributed by atoms with E-state index in [2.05, 4.69) is 32.2 Å². The average Bonchev–Trinajstić information content (AvgIpc) is 3.84. The number of aromatic nitrogens is 2. The maximum absolute atomic E-state index is 13.3. The van der Waals surface area contributed by atoms with Gasteiger partial charge in [-0.15, -0.1) is 11.3 Å². The SMILES string of the molecule is CCCCCCCCc1csc(N2CCc3cc(S(=O)(=O)Nc4ccc(CCNCC(O)c5cnc6occc6c5)cc4)ccc32)n1. The number of hydrogen-bond acceptors (Lipinski definition) is 9. The Morgan fingerprint density at radius 1 is 1.02 bits per heavy atom. The number of hydrogen-bond donors (Lipinski definition) is 3. The van der Waals surface area contributed by atoms with Crippen molar-refractivity contribution in [2.24, 2.45) is 0 Å². The van der Waals surface area contributed by atoms with Crippen LogP contribution in [0.25, 0.3) is 11.1 Å². The summed E-state index contributed by atoms with van der Waals surface area (Å²) in [6.45, 7) is 4.10. The lowest BCUT2D eigenvalue weighted by Crippen LogP contribution is -2.23. The predicted molar refractivity (Wildman–Crippen MR) is 189 cm³/mol. The zero-order chi connectivity index (χ0) is 32.6. The lowest BCUT2D eigenvalue weighted by Gasteiger charge is -2.16. The van der Waals surface area contributed by atoms with E-state index in [4.69, 9.17) is 9.40 Å². The molecule has 0 radical (unpaired) electrons. The number of nitrogens with one attached hydrogen (secondary N) is 2. The molecule has 2 aromatic carbocycles. The number of aryl methyl sites for hydroxylation is 1. The number of aliphatic hydroxyl groups is 1. The summed E-state index contributed by atoms with van der Waals surface area (Å²) in [5.74, 6) is 0. The molecule has 0 fully saturated rings. The largest absolute Gasteiger partial charge is 0.446 e. The van der Waals surface area contributed by atoms with E-state index in [9.17, 15) is 13.5 Å². The summed E-state index contributed by atoms with van der Waals surface area (Å²) < 4.78 is 34.6. The molecule has 1 atom stereocenters. The predicted octanol–water partition coefficient (Wildman–Crippen LogP) is 7.55. The molecule has 0 aliphatic carbocycles. The van der Waals surface area contributed by atoms with Crippen molar-refractivity contribution in [3.8, 4) is 0 Å². The van der Waals surface area contributed by atoms with Crippen LogP contribution < -0.4 is 14.9 Å². The number of rotatable bonds is 17. The minimum atomic E-state index is -3.74. The molecular weight excluding hydrogens is 631 g/mol. The average molecular weight is 674 g/mol. The minimum absolute atomic E-state index is 0.259. The van der Waals surface area contributed by atoms with Gasteiger partial charge in [0.15, 0.2) is 5.13 Å². The van der Waals surface area contributed by atoms with Gasteiger partial charge in [-0.2, -0.15) is 0 Å². The van der Waals surface area contributed by atoms with Crippen molar-refractivity contribution in [3.63, 3.8) is 0 Å². The number of fused-ring (bicyclic) bond motifs is 2. The van der Waals surface area contributed by atoms with E-state index >= 15 is 0 Å². The number of thiazole rings is 1. The Balaban J connectivity index is 0.977. The van der Waals surface area contributed by atoms with E-state index in [1.165, 1.54) is 38.5 Å². The van der Waals surface area contributed by atoms with Crippen molar-refractivity contribution < 1.29 is 17.9 Å². The van der Waals surface area contributed by atoms with Gasteiger partial charge in [-0.3, -0.25) is 4.72 Å². The second-order valence-electron chi connectivity index (χ2n) is 12.2. The van der Waals surface area contributed by atoms with Crippen molar-refractivity contribution in [1.82, 2.24) is 15.3 Å². The Kier molecular flexibility index (Phi) is 10.9. The van der Waals surface area contributed by atoms with Crippen molar-refractivity contribution in [2.75, 3.05) is 29.3 Å². The van der Waals surface area contributed by atoms with E-state index < -0.39 is 16.1 Å². The van der Waals surface area contributed by atoms with Crippen LogP contribution in [0.2, 0.25) is 0 Å². The number of pyridine rings is 1. The zero-order valence-corrected chi connectivity index (χ0v) is 28.5. The molecule has 0 saturated heterocycles. The molecule has 0 spiro atoms.